The van der Waals surface area contributed by atoms with Gasteiger partial charge >= 0.3 is 0 Å². The van der Waals surface area contributed by atoms with Gasteiger partial charge in [-0.3, -0.25) is 0 Å². The predicted molar refractivity (Wildman–Crippen MR) is 180 cm³/mol. The fourth-order valence-corrected chi connectivity index (χ4v) is 11.1. The molecular weight excluding hydrogens is 527 g/mol. The minimum Gasteiger partial charge on any atom is -0.310 e. The van der Waals surface area contributed by atoms with Crippen LogP contribution in [0.15, 0.2) is 91.0 Å². The van der Waals surface area contributed by atoms with Gasteiger partial charge < -0.3 is 4.90 Å². The van der Waals surface area contributed by atoms with Crippen LogP contribution in [0.1, 0.15) is 87.7 Å². The van der Waals surface area contributed by atoms with Gasteiger partial charge in [0.2, 0.25) is 0 Å². The first-order valence-electron chi connectivity index (χ1n) is 16.6. The molecule has 5 aromatic rings. The molecule has 4 bridgehead atoms. The van der Waals surface area contributed by atoms with E-state index in [9.17, 15) is 0 Å². The molecule has 0 radical (unpaired) electrons. The summed E-state index contributed by atoms with van der Waals surface area (Å²) < 4.78 is 2.73. The van der Waals surface area contributed by atoms with Crippen molar-refractivity contribution in [1.82, 2.24) is 0 Å². The van der Waals surface area contributed by atoms with E-state index in [1.54, 1.807) is 5.56 Å². The number of fused-ring (bicyclic) bond motifs is 3. The number of hydrogen-bond donors (Lipinski definition) is 0. The average molecular weight is 568 g/mol. The zero-order valence-corrected chi connectivity index (χ0v) is 25.4. The summed E-state index contributed by atoms with van der Waals surface area (Å²) in [6.07, 6.45) is 15.6. The fourth-order valence-electron chi connectivity index (χ4n) is 10.1. The molecule has 0 saturated heterocycles. The van der Waals surface area contributed by atoms with Gasteiger partial charge in [0.15, 0.2) is 0 Å². The molecule has 0 N–H and O–H groups in total. The van der Waals surface area contributed by atoms with Gasteiger partial charge in [-0.25, -0.2) is 0 Å². The van der Waals surface area contributed by atoms with Gasteiger partial charge in [-0.2, -0.15) is 0 Å². The molecular formula is C40H41NS. The Hall–Kier alpha value is -3.10. The highest BCUT2D eigenvalue weighted by Gasteiger charge is 2.51. The lowest BCUT2D eigenvalue weighted by Crippen LogP contribution is -2.48. The lowest BCUT2D eigenvalue weighted by Gasteiger charge is -2.57. The van der Waals surface area contributed by atoms with E-state index in [-0.39, 0.29) is 0 Å². The number of thiophene rings is 1. The maximum atomic E-state index is 2.50. The Morgan fingerprint density at radius 3 is 1.86 bits per heavy atom. The lowest BCUT2D eigenvalue weighted by atomic mass is 9.48. The second-order valence-electron chi connectivity index (χ2n) is 14.3. The molecule has 10 rings (SSSR count). The zero-order valence-electron chi connectivity index (χ0n) is 24.6. The van der Waals surface area contributed by atoms with Crippen molar-refractivity contribution in [3.63, 3.8) is 0 Å². The smallest absolute Gasteiger partial charge is 0.0468 e. The highest BCUT2D eigenvalue weighted by atomic mass is 32.1. The van der Waals surface area contributed by atoms with Gasteiger partial charge in [0.1, 0.15) is 0 Å². The van der Waals surface area contributed by atoms with Crippen molar-refractivity contribution in [2.24, 2.45) is 17.8 Å². The maximum Gasteiger partial charge on any atom is 0.0468 e. The Bertz CT molecular complexity index is 1700. The Kier molecular flexibility index (Phi) is 6.04. The van der Waals surface area contributed by atoms with Crippen LogP contribution in [0.4, 0.5) is 17.1 Å². The van der Waals surface area contributed by atoms with Crippen molar-refractivity contribution in [2.75, 3.05) is 4.90 Å². The Balaban J connectivity index is 1.12. The third kappa shape index (κ3) is 4.24. The first kappa shape index (κ1) is 25.4. The molecule has 5 fully saturated rings. The minimum atomic E-state index is 0.439. The number of anilines is 3. The number of hydrogen-bond acceptors (Lipinski definition) is 2. The van der Waals surface area contributed by atoms with Gasteiger partial charge in [-0.1, -0.05) is 61.7 Å². The summed E-state index contributed by atoms with van der Waals surface area (Å²) >= 11 is 1.90. The standard InChI is InChI=1S/C40H41NS/c1-2-6-30(7-3-1)31-10-14-33(15-11-31)41(35-18-19-39-37(23-35)36-8-4-5-9-38(36)42-39)34-16-12-32(13-17-34)40-24-27-20-28(25-40)22-29(21-27)26-40/h4-5,8-19,23,27-30H,1-3,6-7,20-22,24-26H2. The molecule has 0 amide bonds. The molecule has 0 atom stereocenters. The van der Waals surface area contributed by atoms with E-state index in [1.165, 1.54) is 113 Å². The normalized spacial score (nSPS) is 27.2. The van der Waals surface area contributed by atoms with Gasteiger partial charge in [0.25, 0.3) is 0 Å². The van der Waals surface area contributed by atoms with Crippen LogP contribution >= 0.6 is 11.3 Å². The van der Waals surface area contributed by atoms with Crippen molar-refractivity contribution in [3.05, 3.63) is 102 Å². The minimum absolute atomic E-state index is 0.439. The van der Waals surface area contributed by atoms with Crippen molar-refractivity contribution in [3.8, 4) is 0 Å². The van der Waals surface area contributed by atoms with Crippen LogP contribution in [-0.2, 0) is 5.41 Å². The molecule has 5 aliphatic rings. The monoisotopic (exact) mass is 567 g/mol. The van der Waals surface area contributed by atoms with Crippen LogP contribution in [0.2, 0.25) is 0 Å². The Morgan fingerprint density at radius 2 is 1.17 bits per heavy atom. The largest absolute Gasteiger partial charge is 0.310 e. The van der Waals surface area contributed by atoms with Gasteiger partial charge in [0, 0.05) is 37.2 Å². The van der Waals surface area contributed by atoms with Crippen molar-refractivity contribution in [1.29, 1.82) is 0 Å². The van der Waals surface area contributed by atoms with E-state index in [0.717, 1.165) is 23.7 Å². The summed E-state index contributed by atoms with van der Waals surface area (Å²) in [6.45, 7) is 0. The SMILES string of the molecule is c1ccc2c(c1)sc1ccc(N(c3ccc(C4CCCCC4)cc3)c3ccc(C45CC6CC(CC(C6)C4)C5)cc3)cc12. The van der Waals surface area contributed by atoms with Gasteiger partial charge in [-0.15, -0.1) is 11.3 Å². The summed E-state index contributed by atoms with van der Waals surface area (Å²) in [5, 5.41) is 2.73. The van der Waals surface area contributed by atoms with Gasteiger partial charge in [-0.05, 0) is 140 Å². The summed E-state index contributed by atoms with van der Waals surface area (Å²) in [4.78, 5) is 2.50. The third-order valence-corrected chi connectivity index (χ3v) is 12.8. The van der Waals surface area contributed by atoms with Crippen LogP contribution < -0.4 is 4.90 Å². The molecule has 4 aromatic carbocycles. The van der Waals surface area contributed by atoms with Crippen molar-refractivity contribution in [2.45, 2.75) is 82.0 Å². The molecule has 0 spiro atoms. The summed E-state index contributed by atoms with van der Waals surface area (Å²) in [5.41, 5.74) is 7.35. The highest BCUT2D eigenvalue weighted by Crippen LogP contribution is 2.61. The second-order valence-corrected chi connectivity index (χ2v) is 15.4. The summed E-state index contributed by atoms with van der Waals surface area (Å²) in [6, 6.07) is 35.4. The van der Waals surface area contributed by atoms with E-state index in [1.807, 2.05) is 11.3 Å². The van der Waals surface area contributed by atoms with E-state index in [4.69, 9.17) is 0 Å². The second kappa shape index (κ2) is 9.98. The molecule has 1 heterocycles. The number of nitrogens with zero attached hydrogens (tertiary/aromatic N) is 1. The molecule has 1 nitrogen and oxygen atoms in total. The molecule has 212 valence electrons. The number of benzene rings is 4. The van der Waals surface area contributed by atoms with Crippen LogP contribution in [0.5, 0.6) is 0 Å². The topological polar surface area (TPSA) is 3.24 Å². The lowest BCUT2D eigenvalue weighted by molar-refractivity contribution is -0.00518. The van der Waals surface area contributed by atoms with Crippen LogP contribution in [0.25, 0.3) is 20.2 Å². The van der Waals surface area contributed by atoms with Crippen molar-refractivity contribution < 1.29 is 0 Å². The van der Waals surface area contributed by atoms with Crippen LogP contribution in [0.3, 0.4) is 0 Å². The van der Waals surface area contributed by atoms with E-state index in [0.29, 0.717) is 5.41 Å². The van der Waals surface area contributed by atoms with E-state index < -0.39 is 0 Å². The fraction of sp³-hybridized carbons (Fsp3) is 0.400. The third-order valence-electron chi connectivity index (χ3n) is 11.6. The van der Waals surface area contributed by atoms with Gasteiger partial charge in [0.05, 0.1) is 0 Å². The van der Waals surface area contributed by atoms with Crippen molar-refractivity contribution >= 4 is 48.6 Å². The Labute approximate surface area is 254 Å². The molecule has 5 aliphatic carbocycles. The maximum absolute atomic E-state index is 2.50. The first-order valence-corrected chi connectivity index (χ1v) is 17.4. The van der Waals surface area contributed by atoms with E-state index in [2.05, 4.69) is 95.9 Å². The Morgan fingerprint density at radius 1 is 0.571 bits per heavy atom. The molecule has 42 heavy (non-hydrogen) atoms. The molecule has 0 unspecified atom stereocenters. The molecule has 1 aromatic heterocycles. The van der Waals surface area contributed by atoms with Crippen LogP contribution in [-0.4, -0.2) is 0 Å². The summed E-state index contributed by atoms with van der Waals surface area (Å²) in [7, 11) is 0. The van der Waals surface area contributed by atoms with Crippen LogP contribution in [0, 0.1) is 17.8 Å². The molecule has 2 heteroatoms. The molecule has 0 aliphatic heterocycles. The number of rotatable bonds is 5. The quantitative estimate of drug-likeness (QED) is 0.204. The first-order chi connectivity index (χ1) is 20.7. The highest BCUT2D eigenvalue weighted by molar-refractivity contribution is 7.25. The molecule has 5 saturated carbocycles. The van der Waals surface area contributed by atoms with E-state index >= 15 is 0 Å². The zero-order chi connectivity index (χ0) is 27.7. The predicted octanol–water partition coefficient (Wildman–Crippen LogP) is 12.0. The average Bonchev–Trinajstić information content (AvgIpc) is 3.40. The summed E-state index contributed by atoms with van der Waals surface area (Å²) in [5.74, 6) is 3.65.